The molecule has 0 atom stereocenters. The highest BCUT2D eigenvalue weighted by Crippen LogP contribution is 2.29. The smallest absolute Gasteiger partial charge is 0.191 e. The molecule has 3 rings (SSSR count). The third kappa shape index (κ3) is 4.13. The van der Waals surface area contributed by atoms with Crippen LogP contribution in [0.25, 0.3) is 0 Å². The van der Waals surface area contributed by atoms with Crippen LogP contribution in [-0.4, -0.2) is 31.5 Å². The number of aryl methyl sites for hydroxylation is 2. The molecule has 2 N–H and O–H groups in total. The maximum absolute atomic E-state index is 13.8. The number of halogens is 1. The number of hydrogen-bond acceptors (Lipinski definition) is 5. The first-order valence-corrected chi connectivity index (χ1v) is 8.46. The van der Waals surface area contributed by atoms with Gasteiger partial charge in [0.1, 0.15) is 17.3 Å². The van der Waals surface area contributed by atoms with Crippen LogP contribution in [0, 0.1) is 19.7 Å². The van der Waals surface area contributed by atoms with Crippen LogP contribution in [0.4, 0.5) is 4.39 Å². The molecule has 0 radical (unpaired) electrons. The molecule has 0 aliphatic carbocycles. The number of hydrogen-bond donors (Lipinski definition) is 2. The number of rotatable bonds is 5. The maximum Gasteiger partial charge on any atom is 0.191 e. The van der Waals surface area contributed by atoms with Gasteiger partial charge in [-0.1, -0.05) is 5.16 Å². The second-order valence-corrected chi connectivity index (χ2v) is 6.07. The number of guanidine groups is 1. The molecule has 7 nitrogen and oxygen atoms in total. The van der Waals surface area contributed by atoms with Crippen molar-refractivity contribution in [3.05, 3.63) is 46.1 Å². The summed E-state index contributed by atoms with van der Waals surface area (Å²) >= 11 is 0. The first-order valence-electron chi connectivity index (χ1n) is 8.46. The van der Waals surface area contributed by atoms with Gasteiger partial charge in [0.15, 0.2) is 12.8 Å². The van der Waals surface area contributed by atoms with Crippen LogP contribution in [0.2, 0.25) is 0 Å². The Morgan fingerprint density at radius 2 is 2.15 bits per heavy atom. The summed E-state index contributed by atoms with van der Waals surface area (Å²) in [4.78, 5) is 4.20. The Morgan fingerprint density at radius 1 is 1.31 bits per heavy atom. The minimum atomic E-state index is -0.284. The fourth-order valence-electron chi connectivity index (χ4n) is 2.90. The second kappa shape index (κ2) is 8.18. The zero-order valence-electron chi connectivity index (χ0n) is 15.2. The Labute approximate surface area is 151 Å². The van der Waals surface area contributed by atoms with E-state index in [1.165, 1.54) is 12.1 Å². The first kappa shape index (κ1) is 18.2. The lowest BCUT2D eigenvalue weighted by atomic mass is 10.1. The average Bonchev–Trinajstić information content (AvgIpc) is 2.95. The van der Waals surface area contributed by atoms with Gasteiger partial charge >= 0.3 is 0 Å². The molecule has 0 saturated heterocycles. The number of aromatic nitrogens is 1. The van der Waals surface area contributed by atoms with Crippen molar-refractivity contribution >= 4 is 5.96 Å². The molecule has 1 aliphatic heterocycles. The summed E-state index contributed by atoms with van der Waals surface area (Å²) in [6.45, 7) is 5.50. The molecule has 1 aromatic heterocycles. The summed E-state index contributed by atoms with van der Waals surface area (Å²) in [5.41, 5.74) is 3.43. The second-order valence-electron chi connectivity index (χ2n) is 6.07. The third-order valence-corrected chi connectivity index (χ3v) is 4.28. The summed E-state index contributed by atoms with van der Waals surface area (Å²) in [7, 11) is 1.70. The van der Waals surface area contributed by atoms with Crippen LogP contribution in [-0.2, 0) is 24.3 Å². The van der Waals surface area contributed by atoms with E-state index in [9.17, 15) is 4.39 Å². The summed E-state index contributed by atoms with van der Waals surface area (Å²) in [5.74, 6) is 1.88. The van der Waals surface area contributed by atoms with Gasteiger partial charge in [-0.2, -0.15) is 0 Å². The molecule has 26 heavy (non-hydrogen) atoms. The molecule has 0 bridgehead atoms. The summed E-state index contributed by atoms with van der Waals surface area (Å²) in [6, 6.07) is 2.96. The maximum atomic E-state index is 13.8. The van der Waals surface area contributed by atoms with Crippen LogP contribution in [0.5, 0.6) is 5.75 Å². The molecule has 0 unspecified atom stereocenters. The van der Waals surface area contributed by atoms with Gasteiger partial charge in [-0.15, -0.1) is 0 Å². The SMILES string of the molecule is CN=C(NCCc1cc(F)cc2c1OCOC2)NCc1c(C)noc1C. The zero-order valence-corrected chi connectivity index (χ0v) is 15.2. The van der Waals surface area contributed by atoms with E-state index in [0.717, 1.165) is 33.9 Å². The van der Waals surface area contributed by atoms with Crippen molar-refractivity contribution in [3.8, 4) is 5.75 Å². The van der Waals surface area contributed by atoms with Gasteiger partial charge in [0, 0.05) is 31.3 Å². The van der Waals surface area contributed by atoms with Crippen LogP contribution in [0.15, 0.2) is 21.6 Å². The molecule has 2 aromatic rings. The quantitative estimate of drug-likeness (QED) is 0.627. The largest absolute Gasteiger partial charge is 0.467 e. The van der Waals surface area contributed by atoms with Crippen molar-refractivity contribution in [2.45, 2.75) is 33.4 Å². The van der Waals surface area contributed by atoms with Gasteiger partial charge in [-0.25, -0.2) is 4.39 Å². The Hall–Kier alpha value is -2.61. The molecule has 2 heterocycles. The molecule has 0 spiro atoms. The monoisotopic (exact) mass is 362 g/mol. The Morgan fingerprint density at radius 3 is 2.88 bits per heavy atom. The molecule has 0 saturated carbocycles. The standard InChI is InChI=1S/C18H23FN4O3/c1-11-16(12(2)26-23-11)8-22-18(20-3)21-5-4-13-6-15(19)7-14-9-24-10-25-17(13)14/h6-7H,4-5,8-10H2,1-3H3,(H2,20,21,22). The molecule has 0 amide bonds. The van der Waals surface area contributed by atoms with Crippen molar-refractivity contribution in [1.82, 2.24) is 15.8 Å². The van der Waals surface area contributed by atoms with E-state index in [-0.39, 0.29) is 12.6 Å². The van der Waals surface area contributed by atoms with Crippen LogP contribution in [0.1, 0.15) is 28.1 Å². The fraction of sp³-hybridized carbons (Fsp3) is 0.444. The van der Waals surface area contributed by atoms with Crippen molar-refractivity contribution in [3.63, 3.8) is 0 Å². The minimum Gasteiger partial charge on any atom is -0.467 e. The zero-order chi connectivity index (χ0) is 18.5. The molecule has 140 valence electrons. The van der Waals surface area contributed by atoms with Crippen LogP contribution < -0.4 is 15.4 Å². The third-order valence-electron chi connectivity index (χ3n) is 4.28. The van der Waals surface area contributed by atoms with E-state index in [1.54, 1.807) is 7.05 Å². The van der Waals surface area contributed by atoms with E-state index in [0.29, 0.717) is 32.1 Å². The van der Waals surface area contributed by atoms with Crippen LogP contribution >= 0.6 is 0 Å². The molecule has 8 heteroatoms. The number of nitrogens with one attached hydrogen (secondary N) is 2. The molecule has 0 fully saturated rings. The summed E-state index contributed by atoms with van der Waals surface area (Å²) in [6.07, 6.45) is 0.603. The molecular formula is C18H23FN4O3. The Bertz CT molecular complexity index is 784. The Kier molecular flexibility index (Phi) is 5.72. The van der Waals surface area contributed by atoms with Gasteiger partial charge in [0.05, 0.1) is 12.3 Å². The predicted octanol–water partition coefficient (Wildman–Crippen LogP) is 2.20. The van der Waals surface area contributed by atoms with Gasteiger partial charge in [0.2, 0.25) is 0 Å². The lowest BCUT2D eigenvalue weighted by Gasteiger charge is -2.21. The average molecular weight is 362 g/mol. The van der Waals surface area contributed by atoms with E-state index < -0.39 is 0 Å². The van der Waals surface area contributed by atoms with Gasteiger partial charge < -0.3 is 24.6 Å². The number of ether oxygens (including phenoxy) is 2. The van der Waals surface area contributed by atoms with Crippen molar-refractivity contribution in [2.75, 3.05) is 20.4 Å². The summed E-state index contributed by atoms with van der Waals surface area (Å²) in [5, 5.41) is 10.4. The van der Waals surface area contributed by atoms with Crippen molar-refractivity contribution < 1.29 is 18.4 Å². The lowest BCUT2D eigenvalue weighted by molar-refractivity contribution is -0.0172. The first-order chi connectivity index (χ1) is 12.6. The minimum absolute atomic E-state index is 0.194. The van der Waals surface area contributed by atoms with Gasteiger partial charge in [0.25, 0.3) is 0 Å². The van der Waals surface area contributed by atoms with E-state index >= 15 is 0 Å². The number of aliphatic imine (C=N–C) groups is 1. The highest BCUT2D eigenvalue weighted by molar-refractivity contribution is 5.79. The number of nitrogens with zero attached hydrogens (tertiary/aromatic N) is 2. The van der Waals surface area contributed by atoms with Crippen molar-refractivity contribution in [1.29, 1.82) is 0 Å². The molecule has 1 aromatic carbocycles. The highest BCUT2D eigenvalue weighted by atomic mass is 19.1. The highest BCUT2D eigenvalue weighted by Gasteiger charge is 2.17. The summed E-state index contributed by atoms with van der Waals surface area (Å²) < 4.78 is 29.7. The fourth-order valence-corrected chi connectivity index (χ4v) is 2.90. The van der Waals surface area contributed by atoms with E-state index in [4.69, 9.17) is 14.0 Å². The van der Waals surface area contributed by atoms with Crippen LogP contribution in [0.3, 0.4) is 0 Å². The number of fused-ring (bicyclic) bond motifs is 1. The van der Waals surface area contributed by atoms with Gasteiger partial charge in [-0.05, 0) is 38.0 Å². The molecular weight excluding hydrogens is 339 g/mol. The normalized spacial score (nSPS) is 13.9. The lowest BCUT2D eigenvalue weighted by Crippen LogP contribution is -2.38. The van der Waals surface area contributed by atoms with Crippen molar-refractivity contribution in [2.24, 2.45) is 4.99 Å². The predicted molar refractivity (Wildman–Crippen MR) is 94.6 cm³/mol. The number of benzene rings is 1. The topological polar surface area (TPSA) is 80.9 Å². The molecule has 1 aliphatic rings. The Balaban J connectivity index is 1.56. The van der Waals surface area contributed by atoms with Gasteiger partial charge in [-0.3, -0.25) is 4.99 Å². The van der Waals surface area contributed by atoms with E-state index in [1.807, 2.05) is 13.8 Å². The van der Waals surface area contributed by atoms with E-state index in [2.05, 4.69) is 20.8 Å².